The second-order valence-corrected chi connectivity index (χ2v) is 8.32. The molecule has 31 heavy (non-hydrogen) atoms. The number of piperidine rings is 1. The normalized spacial score (nSPS) is 19.3. The predicted octanol–water partition coefficient (Wildman–Crippen LogP) is 4.10. The molecule has 0 unspecified atom stereocenters. The first-order chi connectivity index (χ1) is 15.1. The van der Waals surface area contributed by atoms with Gasteiger partial charge >= 0.3 is 6.03 Å². The van der Waals surface area contributed by atoms with Crippen LogP contribution in [-0.2, 0) is 11.2 Å². The summed E-state index contributed by atoms with van der Waals surface area (Å²) < 4.78 is 14.2. The van der Waals surface area contributed by atoms with Gasteiger partial charge in [0.2, 0.25) is 5.91 Å². The highest BCUT2D eigenvalue weighted by Gasteiger charge is 2.29. The van der Waals surface area contributed by atoms with Gasteiger partial charge in [0.25, 0.3) is 0 Å². The lowest BCUT2D eigenvalue weighted by atomic mass is 10.0. The van der Waals surface area contributed by atoms with Crippen molar-refractivity contribution in [2.24, 2.45) is 0 Å². The number of likely N-dealkylation sites (tertiary alicyclic amines) is 2. The van der Waals surface area contributed by atoms with Crippen LogP contribution in [0.5, 0.6) is 0 Å². The second-order valence-electron chi connectivity index (χ2n) is 8.32. The topological polar surface area (TPSA) is 64.7 Å². The molecule has 2 aliphatic heterocycles. The van der Waals surface area contributed by atoms with E-state index in [1.807, 2.05) is 35.2 Å². The number of carbonyl (C=O) groups excluding carboxylic acids is 2. The summed E-state index contributed by atoms with van der Waals surface area (Å²) in [4.78, 5) is 29.4. The van der Waals surface area contributed by atoms with Crippen molar-refractivity contribution in [3.05, 3.63) is 59.9 Å². The van der Waals surface area contributed by atoms with Gasteiger partial charge in [-0.3, -0.25) is 9.69 Å². The van der Waals surface area contributed by atoms with Crippen molar-refractivity contribution in [1.29, 1.82) is 0 Å². The highest BCUT2D eigenvalue weighted by Crippen LogP contribution is 2.23. The van der Waals surface area contributed by atoms with Gasteiger partial charge in [-0.15, -0.1) is 0 Å². The number of nitrogens with one attached hydrogen (secondary N) is 2. The number of amides is 3. The molecule has 3 amide bonds. The molecule has 2 aromatic rings. The first-order valence-corrected chi connectivity index (χ1v) is 11.0. The number of benzene rings is 2. The molecule has 0 aromatic heterocycles. The lowest BCUT2D eigenvalue weighted by molar-refractivity contribution is -0.115. The van der Waals surface area contributed by atoms with Crippen LogP contribution >= 0.6 is 0 Å². The van der Waals surface area contributed by atoms with Crippen LogP contribution in [0.25, 0.3) is 0 Å². The molecular formula is C24H29FN4O2. The van der Waals surface area contributed by atoms with Gasteiger partial charge in [0, 0.05) is 24.8 Å². The Balaban J connectivity index is 1.36. The molecule has 164 valence electrons. The van der Waals surface area contributed by atoms with Crippen molar-refractivity contribution in [3.8, 4) is 0 Å². The van der Waals surface area contributed by atoms with Gasteiger partial charge in [-0.1, -0.05) is 30.3 Å². The maximum atomic E-state index is 14.2. The summed E-state index contributed by atoms with van der Waals surface area (Å²) >= 11 is 0. The van der Waals surface area contributed by atoms with E-state index in [1.165, 1.54) is 31.0 Å². The van der Waals surface area contributed by atoms with Crippen molar-refractivity contribution >= 4 is 23.3 Å². The van der Waals surface area contributed by atoms with Crippen molar-refractivity contribution in [2.45, 2.75) is 38.1 Å². The Kier molecular flexibility index (Phi) is 6.82. The van der Waals surface area contributed by atoms with Crippen LogP contribution in [0.2, 0.25) is 0 Å². The average molecular weight is 425 g/mol. The van der Waals surface area contributed by atoms with Crippen molar-refractivity contribution < 1.29 is 14.0 Å². The van der Waals surface area contributed by atoms with Crippen LogP contribution < -0.4 is 10.6 Å². The number of hydrogen-bond donors (Lipinski definition) is 2. The molecule has 0 bridgehead atoms. The highest BCUT2D eigenvalue weighted by atomic mass is 19.1. The number of nitrogens with zero attached hydrogens (tertiary/aromatic N) is 2. The zero-order valence-corrected chi connectivity index (χ0v) is 17.6. The van der Waals surface area contributed by atoms with E-state index < -0.39 is 5.82 Å². The number of halogens is 1. The molecule has 4 rings (SSSR count). The Morgan fingerprint density at radius 1 is 0.968 bits per heavy atom. The molecule has 6 nitrogen and oxygen atoms in total. The number of hydrogen-bond acceptors (Lipinski definition) is 3. The summed E-state index contributed by atoms with van der Waals surface area (Å²) in [5, 5.41) is 5.47. The van der Waals surface area contributed by atoms with E-state index in [9.17, 15) is 14.0 Å². The summed E-state index contributed by atoms with van der Waals surface area (Å²) in [6.45, 7) is 3.67. The van der Waals surface area contributed by atoms with E-state index in [4.69, 9.17) is 0 Å². The third kappa shape index (κ3) is 5.61. The van der Waals surface area contributed by atoms with Crippen molar-refractivity contribution in [1.82, 2.24) is 9.80 Å². The van der Waals surface area contributed by atoms with Gasteiger partial charge in [0.05, 0.1) is 12.1 Å². The Labute approximate surface area is 182 Å². The number of anilines is 2. The molecule has 2 N–H and O–H groups in total. The largest absolute Gasteiger partial charge is 0.323 e. The van der Waals surface area contributed by atoms with E-state index in [0.29, 0.717) is 18.3 Å². The van der Waals surface area contributed by atoms with Gasteiger partial charge in [-0.25, -0.2) is 9.18 Å². The third-order valence-electron chi connectivity index (χ3n) is 6.04. The Morgan fingerprint density at radius 2 is 1.74 bits per heavy atom. The van der Waals surface area contributed by atoms with Gasteiger partial charge in [-0.05, 0) is 62.5 Å². The number of carbonyl (C=O) groups is 2. The van der Waals surface area contributed by atoms with Crippen molar-refractivity contribution in [3.63, 3.8) is 0 Å². The van der Waals surface area contributed by atoms with Gasteiger partial charge in [-0.2, -0.15) is 0 Å². The Morgan fingerprint density at radius 3 is 2.52 bits per heavy atom. The number of rotatable bonds is 5. The first kappa shape index (κ1) is 21.3. The van der Waals surface area contributed by atoms with Crippen molar-refractivity contribution in [2.75, 3.05) is 36.8 Å². The van der Waals surface area contributed by atoms with E-state index in [2.05, 4.69) is 15.5 Å². The highest BCUT2D eigenvalue weighted by molar-refractivity contribution is 5.94. The third-order valence-corrected chi connectivity index (χ3v) is 6.04. The smallest absolute Gasteiger partial charge is 0.321 e. The van der Waals surface area contributed by atoms with E-state index >= 15 is 0 Å². The molecule has 2 heterocycles. The van der Waals surface area contributed by atoms with Crippen LogP contribution in [0.15, 0.2) is 48.5 Å². The fourth-order valence-corrected chi connectivity index (χ4v) is 4.42. The fraction of sp³-hybridized carbons (Fsp3) is 0.417. The molecule has 1 atom stereocenters. The van der Waals surface area contributed by atoms with Gasteiger partial charge in [0.15, 0.2) is 0 Å². The minimum absolute atomic E-state index is 0.0623. The van der Waals surface area contributed by atoms with Gasteiger partial charge in [0.1, 0.15) is 5.82 Å². The molecule has 0 radical (unpaired) electrons. The fourth-order valence-electron chi connectivity index (χ4n) is 4.42. The lowest BCUT2D eigenvalue weighted by Gasteiger charge is -2.37. The molecule has 0 aliphatic carbocycles. The van der Waals surface area contributed by atoms with Crippen LogP contribution in [-0.4, -0.2) is 54.0 Å². The van der Waals surface area contributed by atoms with E-state index in [-0.39, 0.29) is 24.0 Å². The Bertz CT molecular complexity index is 915. The standard InChI is InChI=1S/C24H29FN4O2/c25-21-11-10-19(16-22(21)27-23(30)15-18-7-2-1-3-8-18)26-24(31)29-14-6-9-20(17-29)28-12-4-5-13-28/h1-3,7-8,10-11,16,20H,4-6,9,12-15,17H2,(H,26,31)(H,27,30)/t20-/m1/s1. The summed E-state index contributed by atoms with van der Waals surface area (Å²) in [7, 11) is 0. The molecule has 0 saturated carbocycles. The maximum absolute atomic E-state index is 14.2. The predicted molar refractivity (Wildman–Crippen MR) is 120 cm³/mol. The van der Waals surface area contributed by atoms with Crippen LogP contribution in [0.4, 0.5) is 20.6 Å². The maximum Gasteiger partial charge on any atom is 0.321 e. The minimum Gasteiger partial charge on any atom is -0.323 e. The first-order valence-electron chi connectivity index (χ1n) is 11.0. The summed E-state index contributed by atoms with van der Waals surface area (Å²) in [5.41, 5.74) is 1.37. The van der Waals surface area contributed by atoms with E-state index in [0.717, 1.165) is 38.0 Å². The monoisotopic (exact) mass is 424 g/mol. The zero-order chi connectivity index (χ0) is 21.6. The molecule has 7 heteroatoms. The van der Waals surface area contributed by atoms with Crippen LogP contribution in [0.1, 0.15) is 31.2 Å². The van der Waals surface area contributed by atoms with Gasteiger partial charge < -0.3 is 15.5 Å². The lowest BCUT2D eigenvalue weighted by Crippen LogP contribution is -2.50. The molecule has 2 aromatic carbocycles. The minimum atomic E-state index is -0.536. The number of urea groups is 1. The molecule has 2 aliphatic rings. The average Bonchev–Trinajstić information content (AvgIpc) is 3.32. The Hall–Kier alpha value is -2.93. The van der Waals surface area contributed by atoms with E-state index in [1.54, 1.807) is 0 Å². The van der Waals surface area contributed by atoms with Crippen LogP contribution in [0.3, 0.4) is 0 Å². The second kappa shape index (κ2) is 9.92. The summed E-state index contributed by atoms with van der Waals surface area (Å²) in [5.74, 6) is -0.843. The zero-order valence-electron chi connectivity index (χ0n) is 17.6. The SMILES string of the molecule is O=C(Cc1ccccc1)Nc1cc(NC(=O)N2CCC[C@@H](N3CCCC3)C2)ccc1F. The molecule has 2 fully saturated rings. The molecule has 0 spiro atoms. The quantitative estimate of drug-likeness (QED) is 0.760. The summed E-state index contributed by atoms with van der Waals surface area (Å²) in [6, 6.07) is 13.8. The van der Waals surface area contributed by atoms with Crippen LogP contribution in [0, 0.1) is 5.82 Å². The summed E-state index contributed by atoms with van der Waals surface area (Å²) in [6.07, 6.45) is 4.73. The molecule has 2 saturated heterocycles. The molecular weight excluding hydrogens is 395 g/mol.